The largest absolute Gasteiger partial charge is 0.345 e. The average Bonchev–Trinajstić information content (AvgIpc) is 2.67. The Bertz CT molecular complexity index is 631. The van der Waals surface area contributed by atoms with Crippen LogP contribution in [0.3, 0.4) is 0 Å². The molecule has 0 bridgehead atoms. The Morgan fingerprint density at radius 1 is 1.26 bits per heavy atom. The van der Waals surface area contributed by atoms with E-state index < -0.39 is 17.5 Å². The summed E-state index contributed by atoms with van der Waals surface area (Å²) in [5.41, 5.74) is 0.903. The van der Waals surface area contributed by atoms with E-state index in [-0.39, 0.29) is 11.5 Å². The molecule has 7 heteroatoms. The van der Waals surface area contributed by atoms with E-state index in [0.29, 0.717) is 16.3 Å². The van der Waals surface area contributed by atoms with Crippen molar-refractivity contribution in [3.63, 3.8) is 0 Å². The highest BCUT2D eigenvalue weighted by molar-refractivity contribution is 7.10. The van der Waals surface area contributed by atoms with E-state index in [2.05, 4.69) is 9.69 Å². The Morgan fingerprint density at radius 3 is 2.37 bits per heavy atom. The van der Waals surface area contributed by atoms with Gasteiger partial charge in [-0.25, -0.2) is 13.2 Å². The normalized spacial score (nSPS) is 10.6. The molecule has 0 radical (unpaired) electrons. The molecular formula is C12H9F3N2OS. The first-order valence-electron chi connectivity index (χ1n) is 5.29. The van der Waals surface area contributed by atoms with Crippen LogP contribution in [0.15, 0.2) is 12.1 Å². The number of aryl methyl sites for hydroxylation is 1. The van der Waals surface area contributed by atoms with Crippen molar-refractivity contribution in [2.75, 3.05) is 5.32 Å². The molecule has 100 valence electrons. The van der Waals surface area contributed by atoms with Crippen LogP contribution >= 0.6 is 11.5 Å². The average molecular weight is 286 g/mol. The summed E-state index contributed by atoms with van der Waals surface area (Å²) in [5.74, 6) is -4.34. The molecule has 2 aromatic rings. The molecular weight excluding hydrogens is 277 g/mol. The van der Waals surface area contributed by atoms with Crippen LogP contribution < -0.4 is 5.32 Å². The van der Waals surface area contributed by atoms with Gasteiger partial charge in [-0.1, -0.05) is 0 Å². The quantitative estimate of drug-likeness (QED) is 0.689. The minimum absolute atomic E-state index is 0.0163. The van der Waals surface area contributed by atoms with Gasteiger partial charge in [0.1, 0.15) is 5.00 Å². The zero-order valence-corrected chi connectivity index (χ0v) is 10.9. The van der Waals surface area contributed by atoms with Crippen LogP contribution in [-0.2, 0) is 0 Å². The summed E-state index contributed by atoms with van der Waals surface area (Å²) in [7, 11) is 0. The zero-order chi connectivity index (χ0) is 14.2. The summed E-state index contributed by atoms with van der Waals surface area (Å²) in [6, 6.07) is 1.63. The van der Waals surface area contributed by atoms with Gasteiger partial charge in [0.2, 0.25) is 0 Å². The highest BCUT2D eigenvalue weighted by Crippen LogP contribution is 2.29. The van der Waals surface area contributed by atoms with Crippen molar-refractivity contribution < 1.29 is 18.0 Å². The number of nitrogens with zero attached hydrogens (tertiary/aromatic N) is 1. The number of ketones is 1. The molecule has 0 fully saturated rings. The number of hydrogen-bond acceptors (Lipinski definition) is 4. The molecule has 0 saturated heterocycles. The minimum Gasteiger partial charge on any atom is -0.345 e. The van der Waals surface area contributed by atoms with Gasteiger partial charge in [0.15, 0.2) is 23.2 Å². The van der Waals surface area contributed by atoms with Gasteiger partial charge < -0.3 is 5.32 Å². The third-order valence-electron chi connectivity index (χ3n) is 2.46. The highest BCUT2D eigenvalue weighted by Gasteiger charge is 2.16. The maximum atomic E-state index is 13.1. The summed E-state index contributed by atoms with van der Waals surface area (Å²) in [5, 5.41) is 3.04. The topological polar surface area (TPSA) is 42.0 Å². The maximum Gasteiger partial charge on any atom is 0.194 e. The number of benzene rings is 1. The third kappa shape index (κ3) is 2.60. The predicted octanol–water partition coefficient (Wildman–Crippen LogP) is 3.82. The lowest BCUT2D eigenvalue weighted by Crippen LogP contribution is -2.00. The second-order valence-corrected chi connectivity index (χ2v) is 4.68. The SMILES string of the molecule is CC(=O)c1c(C)nsc1Nc1cc(F)c(F)c(F)c1. The lowest BCUT2D eigenvalue weighted by molar-refractivity contribution is 0.101. The Hall–Kier alpha value is -1.89. The summed E-state index contributed by atoms with van der Waals surface area (Å²) in [6.45, 7) is 3.03. The fourth-order valence-corrected chi connectivity index (χ4v) is 2.49. The highest BCUT2D eigenvalue weighted by atomic mass is 32.1. The van der Waals surface area contributed by atoms with Gasteiger partial charge in [0.25, 0.3) is 0 Å². The van der Waals surface area contributed by atoms with E-state index in [1.165, 1.54) is 6.92 Å². The van der Waals surface area contributed by atoms with Gasteiger partial charge in [-0.05, 0) is 25.4 Å². The maximum absolute atomic E-state index is 13.1. The van der Waals surface area contributed by atoms with Crippen molar-refractivity contribution >= 4 is 28.0 Å². The molecule has 0 aliphatic rings. The molecule has 0 aliphatic carbocycles. The van der Waals surface area contributed by atoms with Gasteiger partial charge in [-0.15, -0.1) is 0 Å². The van der Waals surface area contributed by atoms with Gasteiger partial charge >= 0.3 is 0 Å². The molecule has 0 unspecified atom stereocenters. The van der Waals surface area contributed by atoms with Crippen LogP contribution in [0.5, 0.6) is 0 Å². The van der Waals surface area contributed by atoms with Crippen molar-refractivity contribution in [3.05, 3.63) is 40.8 Å². The number of rotatable bonds is 3. The van der Waals surface area contributed by atoms with Crippen LogP contribution in [-0.4, -0.2) is 10.2 Å². The number of anilines is 2. The third-order valence-corrected chi connectivity index (χ3v) is 3.31. The van der Waals surface area contributed by atoms with E-state index in [1.807, 2.05) is 0 Å². The van der Waals surface area contributed by atoms with Crippen molar-refractivity contribution in [3.8, 4) is 0 Å². The van der Waals surface area contributed by atoms with Crippen molar-refractivity contribution in [2.45, 2.75) is 13.8 Å². The number of hydrogen-bond donors (Lipinski definition) is 1. The van der Waals surface area contributed by atoms with Crippen LogP contribution in [0.1, 0.15) is 23.0 Å². The van der Waals surface area contributed by atoms with Gasteiger partial charge in [-0.3, -0.25) is 4.79 Å². The lowest BCUT2D eigenvalue weighted by Gasteiger charge is -2.06. The molecule has 0 aliphatic heterocycles. The van der Waals surface area contributed by atoms with E-state index in [4.69, 9.17) is 0 Å². The smallest absolute Gasteiger partial charge is 0.194 e. The molecule has 1 aromatic carbocycles. The number of aromatic nitrogens is 1. The van der Waals surface area contributed by atoms with Crippen molar-refractivity contribution in [1.82, 2.24) is 4.37 Å². The van der Waals surface area contributed by atoms with Gasteiger partial charge in [-0.2, -0.15) is 4.37 Å². The molecule has 1 heterocycles. The summed E-state index contributed by atoms with van der Waals surface area (Å²) < 4.78 is 43.0. The molecule has 1 aromatic heterocycles. The Morgan fingerprint density at radius 2 is 1.84 bits per heavy atom. The molecule has 0 saturated carbocycles. The number of carbonyl (C=O) groups is 1. The van der Waals surface area contributed by atoms with Crippen molar-refractivity contribution in [2.24, 2.45) is 0 Å². The molecule has 0 atom stereocenters. The fraction of sp³-hybridized carbons (Fsp3) is 0.167. The van der Waals surface area contributed by atoms with E-state index in [0.717, 1.165) is 23.7 Å². The van der Waals surface area contributed by atoms with Crippen LogP contribution in [0.2, 0.25) is 0 Å². The fourth-order valence-electron chi connectivity index (χ4n) is 1.63. The Balaban J connectivity index is 2.39. The zero-order valence-electron chi connectivity index (χ0n) is 10.1. The van der Waals surface area contributed by atoms with Gasteiger partial charge in [0.05, 0.1) is 11.3 Å². The van der Waals surface area contributed by atoms with Crippen LogP contribution in [0.25, 0.3) is 0 Å². The monoisotopic (exact) mass is 286 g/mol. The van der Waals surface area contributed by atoms with E-state index >= 15 is 0 Å². The van der Waals surface area contributed by atoms with Crippen LogP contribution in [0, 0.1) is 24.4 Å². The second-order valence-electron chi connectivity index (χ2n) is 3.91. The molecule has 0 spiro atoms. The first-order chi connectivity index (χ1) is 8.90. The molecule has 1 N–H and O–H groups in total. The summed E-state index contributed by atoms with van der Waals surface area (Å²) in [6.07, 6.45) is 0. The summed E-state index contributed by atoms with van der Waals surface area (Å²) in [4.78, 5) is 11.4. The number of Topliss-reactive ketones (excluding diaryl/α,β-unsaturated/α-hetero) is 1. The standard InChI is InChI=1S/C12H9F3N2OS/c1-5-10(6(2)18)12(19-17-5)16-7-3-8(13)11(15)9(14)4-7/h3-4,16H,1-2H3. The molecule has 19 heavy (non-hydrogen) atoms. The Kier molecular flexibility index (Phi) is 3.57. The van der Waals surface area contributed by atoms with Crippen LogP contribution in [0.4, 0.5) is 23.9 Å². The first kappa shape index (κ1) is 13.5. The first-order valence-corrected chi connectivity index (χ1v) is 6.06. The summed E-state index contributed by atoms with van der Waals surface area (Å²) >= 11 is 0.995. The molecule has 3 nitrogen and oxygen atoms in total. The van der Waals surface area contributed by atoms with Crippen molar-refractivity contribution in [1.29, 1.82) is 0 Å². The second kappa shape index (κ2) is 5.00. The van der Waals surface area contributed by atoms with E-state index in [1.54, 1.807) is 6.92 Å². The minimum atomic E-state index is -1.53. The predicted molar refractivity (Wildman–Crippen MR) is 66.5 cm³/mol. The van der Waals surface area contributed by atoms with E-state index in [9.17, 15) is 18.0 Å². The molecule has 0 amide bonds. The lowest BCUT2D eigenvalue weighted by atomic mass is 10.2. The number of halogens is 3. The number of nitrogens with one attached hydrogen (secondary N) is 1. The molecule has 2 rings (SSSR count). The van der Waals surface area contributed by atoms with Gasteiger partial charge in [0, 0.05) is 17.8 Å². The number of carbonyl (C=O) groups excluding carboxylic acids is 1. The Labute approximate surface area is 111 Å².